The zero-order chi connectivity index (χ0) is 23.3. The van der Waals surface area contributed by atoms with Gasteiger partial charge in [-0.3, -0.25) is 9.52 Å². The fourth-order valence-corrected chi connectivity index (χ4v) is 5.57. The molecule has 1 N–H and O–H groups in total. The van der Waals surface area contributed by atoms with E-state index in [1.165, 1.54) is 6.07 Å². The van der Waals surface area contributed by atoms with Crippen molar-refractivity contribution in [2.24, 2.45) is 0 Å². The summed E-state index contributed by atoms with van der Waals surface area (Å²) >= 11 is 1.59. The highest BCUT2D eigenvalue weighted by molar-refractivity contribution is 7.92. The van der Waals surface area contributed by atoms with Crippen LogP contribution in [0.4, 0.5) is 11.4 Å². The van der Waals surface area contributed by atoms with Gasteiger partial charge in [0.15, 0.2) is 0 Å². The maximum atomic E-state index is 13.1. The number of rotatable bonds is 4. The first kappa shape index (κ1) is 22.3. The van der Waals surface area contributed by atoms with Crippen LogP contribution >= 0.6 is 11.3 Å². The van der Waals surface area contributed by atoms with Crippen molar-refractivity contribution in [2.45, 2.75) is 38.0 Å². The maximum Gasteiger partial charge on any atom is 0.261 e. The third kappa shape index (κ3) is 4.23. The van der Waals surface area contributed by atoms with Gasteiger partial charge in [-0.05, 0) is 66.4 Å². The van der Waals surface area contributed by atoms with E-state index in [0.29, 0.717) is 22.5 Å². The molecule has 7 heteroatoms. The third-order valence-corrected chi connectivity index (χ3v) is 7.84. The van der Waals surface area contributed by atoms with Gasteiger partial charge in [-0.1, -0.05) is 32.9 Å². The average molecular weight is 467 g/mol. The Morgan fingerprint density at radius 1 is 1.00 bits per heavy atom. The number of hydrogen-bond donors (Lipinski definition) is 1. The molecular formula is C25H26N2O3S2. The average Bonchev–Trinajstić information content (AvgIpc) is 3.24. The van der Waals surface area contributed by atoms with Crippen molar-refractivity contribution in [3.8, 4) is 0 Å². The topological polar surface area (TPSA) is 66.5 Å². The lowest BCUT2D eigenvalue weighted by molar-refractivity contribution is -0.112. The van der Waals surface area contributed by atoms with Gasteiger partial charge in [-0.2, -0.15) is 0 Å². The summed E-state index contributed by atoms with van der Waals surface area (Å²) in [5, 5.41) is 0. The van der Waals surface area contributed by atoms with Crippen LogP contribution in [0.2, 0.25) is 0 Å². The number of benzene rings is 2. The molecule has 3 aromatic rings. The predicted octanol–water partition coefficient (Wildman–Crippen LogP) is 5.67. The molecular weight excluding hydrogens is 440 g/mol. The Kier molecular flexibility index (Phi) is 5.51. The van der Waals surface area contributed by atoms with Gasteiger partial charge < -0.3 is 4.90 Å². The molecule has 0 radical (unpaired) electrons. The Morgan fingerprint density at radius 2 is 1.69 bits per heavy atom. The van der Waals surface area contributed by atoms with E-state index in [-0.39, 0.29) is 16.2 Å². The maximum absolute atomic E-state index is 13.1. The van der Waals surface area contributed by atoms with E-state index in [4.69, 9.17) is 0 Å². The van der Waals surface area contributed by atoms with Crippen LogP contribution in [-0.2, 0) is 20.2 Å². The molecule has 4 rings (SSSR count). The van der Waals surface area contributed by atoms with E-state index < -0.39 is 10.0 Å². The highest BCUT2D eigenvalue weighted by Gasteiger charge is 2.31. The Hall–Kier alpha value is -2.90. The SMILES string of the molecule is Cc1ccc(/C=C2/C(=O)N(C)c3ccc(S(=O)(=O)Nc4ccc(C(C)(C)C)cc4)cc32)s1. The van der Waals surface area contributed by atoms with Crippen molar-refractivity contribution in [1.29, 1.82) is 0 Å². The first-order chi connectivity index (χ1) is 15.0. The molecule has 0 fully saturated rings. The van der Waals surface area contributed by atoms with Gasteiger partial charge in [0.2, 0.25) is 0 Å². The van der Waals surface area contributed by atoms with Crippen LogP contribution < -0.4 is 9.62 Å². The first-order valence-corrected chi connectivity index (χ1v) is 12.6. The standard InChI is InChI=1S/C25H26N2O3S2/c1-16-6-11-19(31-16)14-22-21-15-20(12-13-23(21)27(5)24(22)28)32(29,30)26-18-9-7-17(8-10-18)25(2,3)4/h6-15,26H,1-5H3/b22-14+. The molecule has 1 aromatic heterocycles. The van der Waals surface area contributed by atoms with Gasteiger partial charge in [-0.15, -0.1) is 11.3 Å². The number of carbonyl (C=O) groups is 1. The molecule has 0 spiro atoms. The zero-order valence-electron chi connectivity index (χ0n) is 18.8. The van der Waals surface area contributed by atoms with Gasteiger partial charge in [0.25, 0.3) is 15.9 Å². The Morgan fingerprint density at radius 3 is 2.28 bits per heavy atom. The zero-order valence-corrected chi connectivity index (χ0v) is 20.4. The first-order valence-electron chi connectivity index (χ1n) is 10.3. The number of thiophene rings is 1. The number of aryl methyl sites for hydroxylation is 1. The Bertz CT molecular complexity index is 1330. The molecule has 166 valence electrons. The van der Waals surface area contributed by atoms with E-state index in [1.54, 1.807) is 47.5 Å². The second-order valence-electron chi connectivity index (χ2n) is 8.98. The molecule has 32 heavy (non-hydrogen) atoms. The van der Waals surface area contributed by atoms with E-state index in [0.717, 1.165) is 15.3 Å². The summed E-state index contributed by atoms with van der Waals surface area (Å²) in [4.78, 5) is 16.6. The fourth-order valence-electron chi connectivity index (χ4n) is 3.66. The number of nitrogens with one attached hydrogen (secondary N) is 1. The Balaban J connectivity index is 1.68. The molecule has 0 bridgehead atoms. The van der Waals surface area contributed by atoms with E-state index in [1.807, 2.05) is 37.3 Å². The number of sulfonamides is 1. The Labute approximate surface area is 193 Å². The van der Waals surface area contributed by atoms with Crippen LogP contribution in [0.3, 0.4) is 0 Å². The number of amides is 1. The van der Waals surface area contributed by atoms with Crippen LogP contribution in [0.5, 0.6) is 0 Å². The van der Waals surface area contributed by atoms with Gasteiger partial charge in [0, 0.05) is 28.1 Å². The number of hydrogen-bond acceptors (Lipinski definition) is 4. The fraction of sp³-hybridized carbons (Fsp3) is 0.240. The summed E-state index contributed by atoms with van der Waals surface area (Å²) in [5.74, 6) is -0.147. The lowest BCUT2D eigenvalue weighted by Gasteiger charge is -2.19. The van der Waals surface area contributed by atoms with E-state index in [2.05, 4.69) is 25.5 Å². The summed E-state index contributed by atoms with van der Waals surface area (Å²) in [6.07, 6.45) is 1.83. The van der Waals surface area contributed by atoms with Crippen LogP contribution in [0.25, 0.3) is 11.6 Å². The highest BCUT2D eigenvalue weighted by Crippen LogP contribution is 2.39. The van der Waals surface area contributed by atoms with Gasteiger partial charge >= 0.3 is 0 Å². The largest absolute Gasteiger partial charge is 0.311 e. The van der Waals surface area contributed by atoms with Crippen LogP contribution in [0.1, 0.15) is 41.7 Å². The van der Waals surface area contributed by atoms with Crippen molar-refractivity contribution in [1.82, 2.24) is 0 Å². The minimum absolute atomic E-state index is 0.0141. The minimum atomic E-state index is -3.81. The van der Waals surface area contributed by atoms with Crippen molar-refractivity contribution < 1.29 is 13.2 Å². The highest BCUT2D eigenvalue weighted by atomic mass is 32.2. The summed E-state index contributed by atoms with van der Waals surface area (Å²) in [5.41, 5.74) is 3.42. The molecule has 2 heterocycles. The summed E-state index contributed by atoms with van der Waals surface area (Å²) in [6.45, 7) is 8.33. The number of fused-ring (bicyclic) bond motifs is 1. The van der Waals surface area contributed by atoms with Gasteiger partial charge in [0.05, 0.1) is 16.2 Å². The molecule has 0 unspecified atom stereocenters. The summed E-state index contributed by atoms with van der Waals surface area (Å²) in [6, 6.07) is 16.2. The van der Waals surface area contributed by atoms with E-state index in [9.17, 15) is 13.2 Å². The second kappa shape index (κ2) is 7.90. The van der Waals surface area contributed by atoms with Gasteiger partial charge in [0.1, 0.15) is 0 Å². The van der Waals surface area contributed by atoms with Crippen molar-refractivity contribution in [3.05, 3.63) is 75.5 Å². The number of likely N-dealkylation sites (N-methyl/N-ethyl adjacent to an activating group) is 1. The lowest BCUT2D eigenvalue weighted by atomic mass is 9.87. The number of carbonyl (C=O) groups excluding carboxylic acids is 1. The summed E-state index contributed by atoms with van der Waals surface area (Å²) < 4.78 is 28.8. The van der Waals surface area contributed by atoms with Crippen molar-refractivity contribution in [2.75, 3.05) is 16.7 Å². The minimum Gasteiger partial charge on any atom is -0.311 e. The second-order valence-corrected chi connectivity index (χ2v) is 12.0. The smallest absolute Gasteiger partial charge is 0.261 e. The molecule has 0 atom stereocenters. The number of anilines is 2. The number of nitrogens with zero attached hydrogens (tertiary/aromatic N) is 1. The molecule has 0 saturated heterocycles. The van der Waals surface area contributed by atoms with E-state index >= 15 is 0 Å². The lowest BCUT2D eigenvalue weighted by Crippen LogP contribution is -2.20. The molecule has 1 aliphatic heterocycles. The molecule has 1 amide bonds. The third-order valence-electron chi connectivity index (χ3n) is 5.52. The van der Waals surface area contributed by atoms with Crippen molar-refractivity contribution in [3.63, 3.8) is 0 Å². The molecule has 5 nitrogen and oxygen atoms in total. The van der Waals surface area contributed by atoms with Crippen LogP contribution in [0.15, 0.2) is 59.5 Å². The molecule has 1 aliphatic rings. The molecule has 0 aliphatic carbocycles. The molecule has 0 saturated carbocycles. The monoisotopic (exact) mass is 466 g/mol. The van der Waals surface area contributed by atoms with Gasteiger partial charge in [-0.25, -0.2) is 8.42 Å². The predicted molar refractivity (Wildman–Crippen MR) is 133 cm³/mol. The normalized spacial score (nSPS) is 15.3. The summed E-state index contributed by atoms with van der Waals surface area (Å²) in [7, 11) is -2.12. The van der Waals surface area contributed by atoms with Crippen LogP contribution in [0, 0.1) is 6.92 Å². The van der Waals surface area contributed by atoms with Crippen molar-refractivity contribution >= 4 is 50.3 Å². The van der Waals surface area contributed by atoms with Crippen LogP contribution in [-0.4, -0.2) is 21.4 Å². The molecule has 2 aromatic carbocycles. The quantitative estimate of drug-likeness (QED) is 0.504.